The maximum Gasteiger partial charge on any atom is 0.231 e. The van der Waals surface area contributed by atoms with E-state index >= 15 is 0 Å². The van der Waals surface area contributed by atoms with Crippen LogP contribution >= 0.6 is 0 Å². The molecule has 0 fully saturated rings. The zero-order valence-corrected chi connectivity index (χ0v) is 11.7. The fraction of sp³-hybridized carbons (Fsp3) is 0.500. The van der Waals surface area contributed by atoms with E-state index in [1.807, 2.05) is 4.90 Å². The molecule has 5 nitrogen and oxygen atoms in total. The van der Waals surface area contributed by atoms with Crippen molar-refractivity contribution in [3.05, 3.63) is 23.8 Å². The molecule has 106 valence electrons. The number of nitrogens with two attached hydrogens (primary N) is 1. The standard InChI is InChI=1S/C14H22N2O3/c1-10(2)7-16(9-14(15)18)8-11-4-5-12(19-3)6-13(11)17/h4-6,10,17H,7-9H2,1-3H3,(H2,15,18). The van der Waals surface area contributed by atoms with Gasteiger partial charge >= 0.3 is 0 Å². The highest BCUT2D eigenvalue weighted by atomic mass is 16.5. The molecule has 0 aliphatic carbocycles. The van der Waals surface area contributed by atoms with Crippen LogP contribution < -0.4 is 10.5 Å². The van der Waals surface area contributed by atoms with E-state index < -0.39 is 0 Å². The molecule has 1 amide bonds. The average molecular weight is 266 g/mol. The maximum atomic E-state index is 11.1. The van der Waals surface area contributed by atoms with E-state index in [9.17, 15) is 9.90 Å². The highest BCUT2D eigenvalue weighted by Crippen LogP contribution is 2.24. The van der Waals surface area contributed by atoms with Crippen LogP contribution in [-0.2, 0) is 11.3 Å². The summed E-state index contributed by atoms with van der Waals surface area (Å²) in [6.07, 6.45) is 0. The molecular weight excluding hydrogens is 244 g/mol. The van der Waals surface area contributed by atoms with Crippen LogP contribution in [0.25, 0.3) is 0 Å². The quantitative estimate of drug-likeness (QED) is 0.781. The van der Waals surface area contributed by atoms with E-state index in [0.717, 1.165) is 12.1 Å². The molecule has 0 spiro atoms. The number of benzene rings is 1. The van der Waals surface area contributed by atoms with Gasteiger partial charge in [-0.3, -0.25) is 9.69 Å². The molecule has 19 heavy (non-hydrogen) atoms. The van der Waals surface area contributed by atoms with Crippen molar-refractivity contribution >= 4 is 5.91 Å². The van der Waals surface area contributed by atoms with Crippen LogP contribution in [0.5, 0.6) is 11.5 Å². The first kappa shape index (κ1) is 15.3. The third-order valence-electron chi connectivity index (χ3n) is 2.69. The van der Waals surface area contributed by atoms with Crippen LogP contribution in [0.4, 0.5) is 0 Å². The zero-order chi connectivity index (χ0) is 14.4. The molecule has 5 heteroatoms. The molecule has 0 radical (unpaired) electrons. The van der Waals surface area contributed by atoms with Crippen LogP contribution in [0.1, 0.15) is 19.4 Å². The Morgan fingerprint density at radius 3 is 2.63 bits per heavy atom. The predicted octanol–water partition coefficient (Wildman–Crippen LogP) is 1.34. The average Bonchev–Trinajstić information content (AvgIpc) is 2.30. The number of phenolic OH excluding ortho intramolecular Hbond substituents is 1. The van der Waals surface area contributed by atoms with Crippen LogP contribution in [-0.4, -0.2) is 36.1 Å². The predicted molar refractivity (Wildman–Crippen MR) is 74.0 cm³/mol. The fourth-order valence-electron chi connectivity index (χ4n) is 1.97. The van der Waals surface area contributed by atoms with Gasteiger partial charge in [-0.25, -0.2) is 0 Å². The Labute approximate surface area is 114 Å². The van der Waals surface area contributed by atoms with E-state index in [2.05, 4.69) is 13.8 Å². The van der Waals surface area contributed by atoms with Crippen LogP contribution in [0, 0.1) is 5.92 Å². The largest absolute Gasteiger partial charge is 0.507 e. The second-order valence-corrected chi connectivity index (χ2v) is 5.02. The summed E-state index contributed by atoms with van der Waals surface area (Å²) < 4.78 is 5.04. The maximum absolute atomic E-state index is 11.1. The summed E-state index contributed by atoms with van der Waals surface area (Å²) in [6.45, 7) is 5.55. The Balaban J connectivity index is 2.80. The molecule has 0 aromatic heterocycles. The minimum Gasteiger partial charge on any atom is -0.507 e. The summed E-state index contributed by atoms with van der Waals surface area (Å²) in [6, 6.07) is 5.14. The first-order valence-corrected chi connectivity index (χ1v) is 6.29. The minimum absolute atomic E-state index is 0.164. The van der Waals surface area contributed by atoms with E-state index in [0.29, 0.717) is 18.2 Å². The second-order valence-electron chi connectivity index (χ2n) is 5.02. The summed E-state index contributed by atoms with van der Waals surface area (Å²) >= 11 is 0. The number of carbonyl (C=O) groups excluding carboxylic acids is 1. The van der Waals surface area contributed by atoms with E-state index in [-0.39, 0.29) is 18.2 Å². The SMILES string of the molecule is COc1ccc(CN(CC(N)=O)CC(C)C)c(O)c1. The molecule has 0 heterocycles. The smallest absolute Gasteiger partial charge is 0.231 e. The van der Waals surface area contributed by atoms with Crippen molar-refractivity contribution in [3.8, 4) is 11.5 Å². The molecule has 0 saturated heterocycles. The Morgan fingerprint density at radius 1 is 1.47 bits per heavy atom. The van der Waals surface area contributed by atoms with Crippen molar-refractivity contribution in [1.29, 1.82) is 0 Å². The van der Waals surface area contributed by atoms with Crippen molar-refractivity contribution < 1.29 is 14.6 Å². The van der Waals surface area contributed by atoms with Gasteiger partial charge in [0.05, 0.1) is 13.7 Å². The lowest BCUT2D eigenvalue weighted by molar-refractivity contribution is -0.119. The number of primary amides is 1. The number of amides is 1. The molecule has 0 bridgehead atoms. The van der Waals surface area contributed by atoms with Gasteiger partial charge in [0, 0.05) is 24.7 Å². The third-order valence-corrected chi connectivity index (χ3v) is 2.69. The topological polar surface area (TPSA) is 75.8 Å². The molecule has 0 saturated carbocycles. The Hall–Kier alpha value is -1.75. The van der Waals surface area contributed by atoms with Crippen LogP contribution in [0.2, 0.25) is 0 Å². The molecule has 0 unspecified atom stereocenters. The number of rotatable bonds is 7. The lowest BCUT2D eigenvalue weighted by Crippen LogP contribution is -2.35. The first-order valence-electron chi connectivity index (χ1n) is 6.29. The first-order chi connectivity index (χ1) is 8.92. The molecule has 0 aliphatic heterocycles. The van der Waals surface area contributed by atoms with Crippen molar-refractivity contribution in [3.63, 3.8) is 0 Å². The minimum atomic E-state index is -0.367. The summed E-state index contributed by atoms with van der Waals surface area (Å²) in [5, 5.41) is 9.92. The van der Waals surface area contributed by atoms with Crippen LogP contribution in [0.3, 0.4) is 0 Å². The Kier molecular flexibility index (Phi) is 5.63. The van der Waals surface area contributed by atoms with Gasteiger partial charge in [0.1, 0.15) is 11.5 Å². The van der Waals surface area contributed by atoms with Crippen molar-refractivity contribution in [2.45, 2.75) is 20.4 Å². The number of hydrogen-bond acceptors (Lipinski definition) is 4. The number of methoxy groups -OCH3 is 1. The zero-order valence-electron chi connectivity index (χ0n) is 11.7. The number of aromatic hydroxyl groups is 1. The number of nitrogens with zero attached hydrogens (tertiary/aromatic N) is 1. The van der Waals surface area contributed by atoms with Gasteiger partial charge in [0.25, 0.3) is 0 Å². The fourth-order valence-corrected chi connectivity index (χ4v) is 1.97. The highest BCUT2D eigenvalue weighted by Gasteiger charge is 2.13. The number of phenols is 1. The van der Waals surface area contributed by atoms with Crippen molar-refractivity contribution in [2.24, 2.45) is 11.7 Å². The third kappa shape index (κ3) is 5.18. The van der Waals surface area contributed by atoms with Gasteiger partial charge in [-0.1, -0.05) is 19.9 Å². The molecular formula is C14H22N2O3. The second kappa shape index (κ2) is 6.99. The normalized spacial score (nSPS) is 11.0. The molecule has 1 aromatic carbocycles. The number of carbonyl (C=O) groups is 1. The number of hydrogen-bond donors (Lipinski definition) is 2. The molecule has 0 aliphatic rings. The van der Waals surface area contributed by atoms with Crippen molar-refractivity contribution in [2.75, 3.05) is 20.2 Å². The highest BCUT2D eigenvalue weighted by molar-refractivity contribution is 5.75. The molecule has 1 aromatic rings. The summed E-state index contributed by atoms with van der Waals surface area (Å²) in [4.78, 5) is 13.0. The van der Waals surface area contributed by atoms with Gasteiger partial charge in [0.2, 0.25) is 5.91 Å². The summed E-state index contributed by atoms with van der Waals surface area (Å²) in [7, 11) is 1.55. The van der Waals surface area contributed by atoms with Crippen molar-refractivity contribution in [1.82, 2.24) is 4.90 Å². The molecule has 3 N–H and O–H groups in total. The summed E-state index contributed by atoms with van der Waals surface area (Å²) in [5.74, 6) is 0.817. The molecule has 0 atom stereocenters. The van der Waals surface area contributed by atoms with Gasteiger partial charge in [-0.2, -0.15) is 0 Å². The van der Waals surface area contributed by atoms with Crippen LogP contribution in [0.15, 0.2) is 18.2 Å². The Bertz CT molecular complexity index is 433. The summed E-state index contributed by atoms with van der Waals surface area (Å²) in [5.41, 5.74) is 6.00. The lowest BCUT2D eigenvalue weighted by atomic mass is 10.1. The van der Waals surface area contributed by atoms with E-state index in [1.54, 1.807) is 25.3 Å². The van der Waals surface area contributed by atoms with E-state index in [4.69, 9.17) is 10.5 Å². The van der Waals surface area contributed by atoms with Gasteiger partial charge in [0.15, 0.2) is 0 Å². The monoisotopic (exact) mass is 266 g/mol. The number of ether oxygens (including phenoxy) is 1. The van der Waals surface area contributed by atoms with Gasteiger partial charge in [-0.15, -0.1) is 0 Å². The van der Waals surface area contributed by atoms with Gasteiger partial charge < -0.3 is 15.6 Å². The lowest BCUT2D eigenvalue weighted by Gasteiger charge is -2.23. The van der Waals surface area contributed by atoms with E-state index in [1.165, 1.54) is 0 Å². The Morgan fingerprint density at radius 2 is 2.16 bits per heavy atom. The van der Waals surface area contributed by atoms with Gasteiger partial charge in [-0.05, 0) is 12.0 Å². The molecule has 1 rings (SSSR count).